The maximum absolute atomic E-state index is 13.1. The van der Waals surface area contributed by atoms with Crippen molar-refractivity contribution in [2.24, 2.45) is 0 Å². The molecule has 1 aromatic carbocycles. The summed E-state index contributed by atoms with van der Waals surface area (Å²) in [7, 11) is 0. The summed E-state index contributed by atoms with van der Waals surface area (Å²) in [6, 6.07) is 4.62. The molecule has 0 fully saturated rings. The van der Waals surface area contributed by atoms with E-state index in [0.29, 0.717) is 6.42 Å². The summed E-state index contributed by atoms with van der Waals surface area (Å²) in [5.41, 5.74) is 1.55. The molecule has 1 unspecified atom stereocenters. The number of hydrogen-bond donors (Lipinski definition) is 1. The summed E-state index contributed by atoms with van der Waals surface area (Å²) in [6.07, 6.45) is -0.186. The monoisotopic (exact) mass is 240 g/mol. The van der Waals surface area contributed by atoms with Gasteiger partial charge in [0.15, 0.2) is 0 Å². The summed E-state index contributed by atoms with van der Waals surface area (Å²) in [4.78, 5) is 0. The highest BCUT2D eigenvalue weighted by atomic mass is 19.1. The first kappa shape index (κ1) is 14.1. The third kappa shape index (κ3) is 5.29. The van der Waals surface area contributed by atoms with Crippen molar-refractivity contribution in [1.29, 1.82) is 0 Å². The highest BCUT2D eigenvalue weighted by Crippen LogP contribution is 2.14. The number of hydrogen-bond acceptors (Lipinski definition) is 2. The molecule has 0 spiro atoms. The van der Waals surface area contributed by atoms with Crippen LogP contribution in [0.15, 0.2) is 18.2 Å². The van der Waals surface area contributed by atoms with Gasteiger partial charge in [0.2, 0.25) is 0 Å². The van der Waals surface area contributed by atoms with Gasteiger partial charge in [-0.3, -0.25) is 0 Å². The van der Waals surface area contributed by atoms with Crippen molar-refractivity contribution in [3.63, 3.8) is 0 Å². The van der Waals surface area contributed by atoms with Crippen molar-refractivity contribution in [3.8, 4) is 0 Å². The zero-order valence-electron chi connectivity index (χ0n) is 11.0. The van der Waals surface area contributed by atoms with Crippen LogP contribution in [0.3, 0.4) is 0 Å². The van der Waals surface area contributed by atoms with Crippen molar-refractivity contribution >= 4 is 0 Å². The molecule has 0 aliphatic heterocycles. The maximum atomic E-state index is 13.1. The molecular weight excluding hydrogens is 219 g/mol. The standard InChI is InChI=1S/C14H21FO2/c1-10-5-6-12(15)7-11(10)8-13(16)9-17-14(2,3)4/h5-7,13,16H,8-9H2,1-4H3. The van der Waals surface area contributed by atoms with Crippen molar-refractivity contribution in [3.05, 3.63) is 35.1 Å². The van der Waals surface area contributed by atoms with Gasteiger partial charge in [-0.25, -0.2) is 4.39 Å². The molecule has 1 aromatic rings. The average molecular weight is 240 g/mol. The number of rotatable bonds is 4. The van der Waals surface area contributed by atoms with Crippen molar-refractivity contribution in [2.45, 2.75) is 45.8 Å². The predicted octanol–water partition coefficient (Wildman–Crippen LogP) is 2.85. The molecule has 0 radical (unpaired) electrons. The Hall–Kier alpha value is -0.930. The van der Waals surface area contributed by atoms with E-state index >= 15 is 0 Å². The van der Waals surface area contributed by atoms with Gasteiger partial charge in [-0.15, -0.1) is 0 Å². The topological polar surface area (TPSA) is 29.5 Å². The maximum Gasteiger partial charge on any atom is 0.123 e. The molecule has 96 valence electrons. The second kappa shape index (κ2) is 5.61. The number of aliphatic hydroxyl groups is 1. The Morgan fingerprint density at radius 1 is 1.35 bits per heavy atom. The van der Waals surface area contributed by atoms with E-state index in [1.165, 1.54) is 12.1 Å². The lowest BCUT2D eigenvalue weighted by Gasteiger charge is -2.22. The quantitative estimate of drug-likeness (QED) is 0.877. The van der Waals surface area contributed by atoms with Gasteiger partial charge in [0.05, 0.1) is 18.3 Å². The molecule has 0 aromatic heterocycles. The average Bonchev–Trinajstić information content (AvgIpc) is 2.20. The SMILES string of the molecule is Cc1ccc(F)cc1CC(O)COC(C)(C)C. The molecule has 0 saturated carbocycles. The second-order valence-electron chi connectivity index (χ2n) is 5.35. The van der Waals surface area contributed by atoms with E-state index in [0.717, 1.165) is 11.1 Å². The molecule has 0 amide bonds. The third-order valence-electron chi connectivity index (χ3n) is 2.48. The summed E-state index contributed by atoms with van der Waals surface area (Å²) in [5.74, 6) is -0.269. The Morgan fingerprint density at radius 2 is 2.00 bits per heavy atom. The van der Waals surface area contributed by atoms with Gasteiger partial charge < -0.3 is 9.84 Å². The molecule has 17 heavy (non-hydrogen) atoms. The predicted molar refractivity (Wildman–Crippen MR) is 66.6 cm³/mol. The van der Waals surface area contributed by atoms with Crippen LogP contribution in [0.5, 0.6) is 0 Å². The second-order valence-corrected chi connectivity index (χ2v) is 5.35. The first-order chi connectivity index (χ1) is 7.78. The van der Waals surface area contributed by atoms with E-state index in [2.05, 4.69) is 0 Å². The summed E-state index contributed by atoms with van der Waals surface area (Å²) in [6.45, 7) is 7.99. The van der Waals surface area contributed by atoms with Gasteiger partial charge in [0.25, 0.3) is 0 Å². The lowest BCUT2D eigenvalue weighted by Crippen LogP contribution is -2.27. The highest BCUT2D eigenvalue weighted by Gasteiger charge is 2.14. The molecule has 2 nitrogen and oxygen atoms in total. The Kier molecular flexibility index (Phi) is 4.66. The summed E-state index contributed by atoms with van der Waals surface area (Å²) >= 11 is 0. The van der Waals surface area contributed by atoms with Crippen LogP contribution in [0.2, 0.25) is 0 Å². The van der Waals surface area contributed by atoms with Gasteiger partial charge >= 0.3 is 0 Å². The number of halogens is 1. The zero-order valence-corrected chi connectivity index (χ0v) is 11.0. The van der Waals surface area contributed by atoms with E-state index in [-0.39, 0.29) is 18.0 Å². The van der Waals surface area contributed by atoms with Gasteiger partial charge in [-0.2, -0.15) is 0 Å². The summed E-state index contributed by atoms with van der Waals surface area (Å²) in [5, 5.41) is 9.83. The Balaban J connectivity index is 2.56. The van der Waals surface area contributed by atoms with Crippen LogP contribution in [0.1, 0.15) is 31.9 Å². The van der Waals surface area contributed by atoms with Gasteiger partial charge in [0, 0.05) is 6.42 Å². The van der Waals surface area contributed by atoms with Crippen LogP contribution in [0.25, 0.3) is 0 Å². The minimum absolute atomic E-state index is 0.263. The van der Waals surface area contributed by atoms with Crippen LogP contribution in [-0.2, 0) is 11.2 Å². The van der Waals surface area contributed by atoms with Gasteiger partial charge in [0.1, 0.15) is 5.82 Å². The molecule has 0 saturated heterocycles. The van der Waals surface area contributed by atoms with E-state index in [9.17, 15) is 9.50 Å². The Labute approximate surface area is 102 Å². The number of aryl methyl sites for hydroxylation is 1. The van der Waals surface area contributed by atoms with E-state index in [1.54, 1.807) is 6.07 Å². The number of aliphatic hydroxyl groups excluding tert-OH is 1. The Morgan fingerprint density at radius 3 is 2.59 bits per heavy atom. The summed E-state index contributed by atoms with van der Waals surface area (Å²) < 4.78 is 18.5. The fourth-order valence-corrected chi connectivity index (χ4v) is 1.52. The molecule has 1 atom stereocenters. The van der Waals surface area contributed by atoms with Crippen LogP contribution in [-0.4, -0.2) is 23.4 Å². The third-order valence-corrected chi connectivity index (χ3v) is 2.48. The van der Waals surface area contributed by atoms with Crippen LogP contribution >= 0.6 is 0 Å². The largest absolute Gasteiger partial charge is 0.390 e. The highest BCUT2D eigenvalue weighted by molar-refractivity contribution is 5.27. The van der Waals surface area contributed by atoms with E-state index in [1.807, 2.05) is 27.7 Å². The molecule has 1 rings (SSSR count). The van der Waals surface area contributed by atoms with Crippen molar-refractivity contribution in [1.82, 2.24) is 0 Å². The smallest absolute Gasteiger partial charge is 0.123 e. The van der Waals surface area contributed by atoms with Gasteiger partial charge in [-0.1, -0.05) is 6.07 Å². The van der Waals surface area contributed by atoms with E-state index < -0.39 is 6.10 Å². The Bertz CT molecular complexity index is 369. The van der Waals surface area contributed by atoms with Crippen LogP contribution < -0.4 is 0 Å². The number of ether oxygens (including phenoxy) is 1. The molecule has 0 bridgehead atoms. The first-order valence-electron chi connectivity index (χ1n) is 5.85. The molecule has 0 aliphatic rings. The fraction of sp³-hybridized carbons (Fsp3) is 0.571. The van der Waals surface area contributed by atoms with Crippen LogP contribution in [0, 0.1) is 12.7 Å². The lowest BCUT2D eigenvalue weighted by molar-refractivity contribution is -0.0482. The minimum Gasteiger partial charge on any atom is -0.390 e. The van der Waals surface area contributed by atoms with Crippen LogP contribution in [0.4, 0.5) is 4.39 Å². The van der Waals surface area contributed by atoms with Gasteiger partial charge in [-0.05, 0) is 51.0 Å². The number of benzene rings is 1. The fourth-order valence-electron chi connectivity index (χ4n) is 1.52. The molecule has 0 aliphatic carbocycles. The lowest BCUT2D eigenvalue weighted by atomic mass is 10.0. The molecule has 0 heterocycles. The molecule has 3 heteroatoms. The molecular formula is C14H21FO2. The first-order valence-corrected chi connectivity index (χ1v) is 5.85. The minimum atomic E-state index is -0.602. The zero-order chi connectivity index (χ0) is 13.1. The van der Waals surface area contributed by atoms with Crippen molar-refractivity contribution in [2.75, 3.05) is 6.61 Å². The van der Waals surface area contributed by atoms with E-state index in [4.69, 9.17) is 4.74 Å². The normalized spacial score (nSPS) is 13.8. The van der Waals surface area contributed by atoms with Crippen molar-refractivity contribution < 1.29 is 14.2 Å². The molecule has 1 N–H and O–H groups in total.